The molecule has 1 unspecified atom stereocenters. The minimum atomic E-state index is -0.911. The van der Waals surface area contributed by atoms with Crippen LogP contribution >= 0.6 is 0 Å². The van der Waals surface area contributed by atoms with Gasteiger partial charge in [-0.2, -0.15) is 0 Å². The van der Waals surface area contributed by atoms with Crippen molar-refractivity contribution in [3.8, 4) is 0 Å². The number of carboxylic acid groups (broad SMARTS) is 1. The van der Waals surface area contributed by atoms with E-state index in [-0.39, 0.29) is 5.91 Å². The first-order valence-electron chi connectivity index (χ1n) is 8.42. The van der Waals surface area contributed by atoms with Gasteiger partial charge in [0.15, 0.2) is 0 Å². The van der Waals surface area contributed by atoms with Crippen molar-refractivity contribution in [1.29, 1.82) is 0 Å². The van der Waals surface area contributed by atoms with Crippen molar-refractivity contribution < 1.29 is 14.7 Å². The van der Waals surface area contributed by atoms with Crippen LogP contribution in [-0.2, 0) is 17.8 Å². The first kappa shape index (κ1) is 17.1. The fourth-order valence-electron chi connectivity index (χ4n) is 3.18. The van der Waals surface area contributed by atoms with Gasteiger partial charge in [-0.25, -0.2) is 9.48 Å². The number of aryl methyl sites for hydroxylation is 1. The van der Waals surface area contributed by atoms with Crippen molar-refractivity contribution in [3.05, 3.63) is 41.7 Å². The summed E-state index contributed by atoms with van der Waals surface area (Å²) in [6, 6.07) is 6.99. The fourth-order valence-corrected chi connectivity index (χ4v) is 3.18. The van der Waals surface area contributed by atoms with Gasteiger partial charge in [0.2, 0.25) is 5.91 Å². The van der Waals surface area contributed by atoms with Gasteiger partial charge in [0, 0.05) is 26.1 Å². The first-order chi connectivity index (χ1) is 12.1. The molecule has 132 valence electrons. The predicted molar refractivity (Wildman–Crippen MR) is 88.8 cm³/mol. The molecule has 2 aromatic rings. The molecule has 1 N–H and O–H groups in total. The van der Waals surface area contributed by atoms with E-state index in [0.717, 1.165) is 37.9 Å². The van der Waals surface area contributed by atoms with Crippen LogP contribution in [0.5, 0.6) is 0 Å². The molecule has 1 aromatic carbocycles. The van der Waals surface area contributed by atoms with Crippen molar-refractivity contribution in [2.75, 3.05) is 13.1 Å². The lowest BCUT2D eigenvalue weighted by Gasteiger charge is -2.16. The number of carbonyl (C=O) groups excluding carboxylic acids is 1. The highest BCUT2D eigenvalue weighted by molar-refractivity contribution is 5.87. The summed E-state index contributed by atoms with van der Waals surface area (Å²) in [6.45, 7) is 2.21. The van der Waals surface area contributed by atoms with Gasteiger partial charge in [-0.15, -0.1) is 5.10 Å². The summed E-state index contributed by atoms with van der Waals surface area (Å²) in [5.74, 6) is -0.304. The van der Waals surface area contributed by atoms with Gasteiger partial charge < -0.3 is 10.0 Å². The molecule has 2 heterocycles. The normalized spacial score (nSPS) is 17.0. The zero-order chi connectivity index (χ0) is 17.6. The zero-order valence-electron chi connectivity index (χ0n) is 13.9. The van der Waals surface area contributed by atoms with E-state index in [0.29, 0.717) is 24.4 Å². The monoisotopic (exact) mass is 343 g/mol. The Kier molecular flexibility index (Phi) is 5.37. The predicted octanol–water partition coefficient (Wildman–Crippen LogP) is 1.24. The third kappa shape index (κ3) is 4.62. The van der Waals surface area contributed by atoms with Crippen LogP contribution in [0.15, 0.2) is 30.6 Å². The standard InChI is InChI=1S/C17H21N5O3/c23-16(2-1-8-22-12-18-19-20-22)21-9-7-14(11-21)10-13-3-5-15(6-4-13)17(24)25/h3-6,12,14H,1-2,7-11H2,(H,24,25). The molecule has 3 rings (SSSR count). The molecule has 0 spiro atoms. The lowest BCUT2D eigenvalue weighted by atomic mass is 9.98. The van der Waals surface area contributed by atoms with E-state index in [1.54, 1.807) is 23.1 Å². The molecule has 0 radical (unpaired) electrons. The maximum Gasteiger partial charge on any atom is 0.335 e. The van der Waals surface area contributed by atoms with Crippen LogP contribution in [0.3, 0.4) is 0 Å². The summed E-state index contributed by atoms with van der Waals surface area (Å²) in [6.07, 6.45) is 4.63. The van der Waals surface area contributed by atoms with Gasteiger partial charge in [0.25, 0.3) is 0 Å². The van der Waals surface area contributed by atoms with Crippen LogP contribution in [0, 0.1) is 5.92 Å². The molecule has 1 aliphatic heterocycles. The summed E-state index contributed by atoms with van der Waals surface area (Å²) < 4.78 is 1.63. The maximum absolute atomic E-state index is 12.3. The van der Waals surface area contributed by atoms with Gasteiger partial charge in [0.1, 0.15) is 6.33 Å². The Bertz CT molecular complexity index is 714. The van der Waals surface area contributed by atoms with Gasteiger partial charge in [-0.3, -0.25) is 4.79 Å². The first-order valence-corrected chi connectivity index (χ1v) is 8.42. The number of tetrazole rings is 1. The molecule has 1 fully saturated rings. The lowest BCUT2D eigenvalue weighted by Crippen LogP contribution is -2.29. The second-order valence-corrected chi connectivity index (χ2v) is 6.38. The van der Waals surface area contributed by atoms with E-state index >= 15 is 0 Å². The summed E-state index contributed by atoms with van der Waals surface area (Å²) in [4.78, 5) is 25.1. The van der Waals surface area contributed by atoms with Crippen molar-refractivity contribution in [2.24, 2.45) is 5.92 Å². The second-order valence-electron chi connectivity index (χ2n) is 6.38. The number of carboxylic acids is 1. The number of aromatic carboxylic acids is 1. The Morgan fingerprint density at radius 1 is 1.24 bits per heavy atom. The largest absolute Gasteiger partial charge is 0.478 e. The number of amides is 1. The zero-order valence-corrected chi connectivity index (χ0v) is 13.9. The van der Waals surface area contributed by atoms with E-state index < -0.39 is 5.97 Å². The van der Waals surface area contributed by atoms with E-state index in [1.807, 2.05) is 17.0 Å². The van der Waals surface area contributed by atoms with Crippen molar-refractivity contribution in [3.63, 3.8) is 0 Å². The number of aromatic nitrogens is 4. The Labute approximate surface area is 145 Å². The average molecular weight is 343 g/mol. The highest BCUT2D eigenvalue weighted by atomic mass is 16.4. The fraction of sp³-hybridized carbons (Fsp3) is 0.471. The molecule has 1 aliphatic rings. The molecule has 8 nitrogen and oxygen atoms in total. The van der Waals surface area contributed by atoms with Crippen LogP contribution in [0.4, 0.5) is 0 Å². The van der Waals surface area contributed by atoms with E-state index in [2.05, 4.69) is 15.5 Å². The quantitative estimate of drug-likeness (QED) is 0.812. The Morgan fingerprint density at radius 3 is 2.72 bits per heavy atom. The van der Waals surface area contributed by atoms with Gasteiger partial charge in [-0.1, -0.05) is 12.1 Å². The minimum absolute atomic E-state index is 0.178. The summed E-state index contributed by atoms with van der Waals surface area (Å²) in [5, 5.41) is 19.8. The number of benzene rings is 1. The molecule has 1 aromatic heterocycles. The number of hydrogen-bond acceptors (Lipinski definition) is 5. The van der Waals surface area contributed by atoms with Gasteiger partial charge in [0.05, 0.1) is 5.56 Å². The van der Waals surface area contributed by atoms with E-state index in [1.165, 1.54) is 0 Å². The lowest BCUT2D eigenvalue weighted by molar-refractivity contribution is -0.130. The van der Waals surface area contributed by atoms with Crippen LogP contribution in [0.1, 0.15) is 35.2 Å². The number of carbonyl (C=O) groups is 2. The second kappa shape index (κ2) is 7.87. The number of rotatable bonds is 7. The molecule has 0 saturated carbocycles. The van der Waals surface area contributed by atoms with Gasteiger partial charge in [-0.05, 0) is 53.3 Å². The Hall–Kier alpha value is -2.77. The van der Waals surface area contributed by atoms with Crippen LogP contribution in [-0.4, -0.2) is 55.2 Å². The third-order valence-electron chi connectivity index (χ3n) is 4.53. The van der Waals surface area contributed by atoms with Gasteiger partial charge >= 0.3 is 5.97 Å². The summed E-state index contributed by atoms with van der Waals surface area (Å²) in [5.41, 5.74) is 1.41. The SMILES string of the molecule is O=C(O)c1ccc(CC2CCN(C(=O)CCCn3cnnn3)C2)cc1. The number of hydrogen-bond donors (Lipinski definition) is 1. The highest BCUT2D eigenvalue weighted by Crippen LogP contribution is 2.22. The van der Waals surface area contributed by atoms with Crippen LogP contribution in [0.25, 0.3) is 0 Å². The third-order valence-corrected chi connectivity index (χ3v) is 4.53. The Morgan fingerprint density at radius 2 is 2.04 bits per heavy atom. The van der Waals surface area contributed by atoms with Crippen LogP contribution < -0.4 is 0 Å². The molecule has 1 amide bonds. The molecule has 1 saturated heterocycles. The molecule has 8 heteroatoms. The molecular weight excluding hydrogens is 322 g/mol. The number of likely N-dealkylation sites (tertiary alicyclic amines) is 1. The molecule has 0 bridgehead atoms. The van der Waals surface area contributed by atoms with Crippen LogP contribution in [0.2, 0.25) is 0 Å². The topological polar surface area (TPSA) is 101 Å². The highest BCUT2D eigenvalue weighted by Gasteiger charge is 2.25. The summed E-state index contributed by atoms with van der Waals surface area (Å²) in [7, 11) is 0. The molecule has 0 aliphatic carbocycles. The molecular formula is C17H21N5O3. The smallest absolute Gasteiger partial charge is 0.335 e. The van der Waals surface area contributed by atoms with E-state index in [9.17, 15) is 9.59 Å². The Balaban J connectivity index is 1.43. The van der Waals surface area contributed by atoms with Crippen molar-refractivity contribution in [2.45, 2.75) is 32.2 Å². The number of nitrogens with zero attached hydrogens (tertiary/aromatic N) is 5. The molecule has 1 atom stereocenters. The average Bonchev–Trinajstić information content (AvgIpc) is 3.27. The maximum atomic E-state index is 12.3. The van der Waals surface area contributed by atoms with Crippen molar-refractivity contribution >= 4 is 11.9 Å². The molecule has 25 heavy (non-hydrogen) atoms. The summed E-state index contributed by atoms with van der Waals surface area (Å²) >= 11 is 0. The van der Waals surface area contributed by atoms with E-state index in [4.69, 9.17) is 5.11 Å². The minimum Gasteiger partial charge on any atom is -0.478 e. The van der Waals surface area contributed by atoms with Crippen molar-refractivity contribution in [1.82, 2.24) is 25.1 Å².